The molecule has 3 aliphatic carbocycles. The Kier molecular flexibility index (Phi) is 4.57. The first-order valence-corrected chi connectivity index (χ1v) is 8.95. The van der Waals surface area contributed by atoms with E-state index in [2.05, 4.69) is 30.3 Å². The van der Waals surface area contributed by atoms with Crippen molar-refractivity contribution in [1.82, 2.24) is 10.2 Å². The normalized spacial score (nSPS) is 34.1. The van der Waals surface area contributed by atoms with Gasteiger partial charge in [0.2, 0.25) is 0 Å². The molecule has 0 aliphatic heterocycles. The Morgan fingerprint density at radius 3 is 2.62 bits per heavy atom. The highest BCUT2D eigenvalue weighted by Gasteiger charge is 2.39. The zero-order valence-corrected chi connectivity index (χ0v) is 13.8. The van der Waals surface area contributed by atoms with Gasteiger partial charge < -0.3 is 4.90 Å². The summed E-state index contributed by atoms with van der Waals surface area (Å²) in [5, 5.41) is 12.9. The Bertz CT molecular complexity index is 398. The van der Waals surface area contributed by atoms with Crippen LogP contribution in [-0.2, 0) is 0 Å². The fraction of sp³-hybridized carbons (Fsp3) is 0.944. The Morgan fingerprint density at radius 2 is 2.05 bits per heavy atom. The summed E-state index contributed by atoms with van der Waals surface area (Å²) >= 11 is 0. The van der Waals surface area contributed by atoms with Crippen molar-refractivity contribution in [2.24, 2.45) is 17.8 Å². The lowest BCUT2D eigenvalue weighted by Crippen LogP contribution is -2.43. The zero-order valence-electron chi connectivity index (χ0n) is 13.8. The van der Waals surface area contributed by atoms with Gasteiger partial charge in [-0.2, -0.15) is 5.26 Å². The average molecular weight is 289 g/mol. The number of hydrogen-bond acceptors (Lipinski definition) is 3. The average Bonchev–Trinajstić information content (AvgIpc) is 3.01. The summed E-state index contributed by atoms with van der Waals surface area (Å²) in [6.45, 7) is 4.49. The molecule has 0 radical (unpaired) electrons. The molecule has 2 bridgehead atoms. The van der Waals surface area contributed by atoms with Gasteiger partial charge in [-0.3, -0.25) is 5.32 Å². The molecule has 0 saturated heterocycles. The lowest BCUT2D eigenvalue weighted by atomic mass is 9.88. The van der Waals surface area contributed by atoms with Crippen LogP contribution in [0, 0.1) is 29.1 Å². The van der Waals surface area contributed by atoms with Crippen molar-refractivity contribution >= 4 is 0 Å². The quantitative estimate of drug-likeness (QED) is 0.746. The van der Waals surface area contributed by atoms with Crippen LogP contribution in [-0.4, -0.2) is 36.6 Å². The maximum Gasteiger partial charge on any atom is 0.104 e. The van der Waals surface area contributed by atoms with Gasteiger partial charge in [-0.15, -0.1) is 0 Å². The number of nitriles is 1. The summed E-state index contributed by atoms with van der Waals surface area (Å²) in [7, 11) is 2.27. The van der Waals surface area contributed by atoms with E-state index in [1.165, 1.54) is 45.1 Å². The summed E-state index contributed by atoms with van der Waals surface area (Å²) in [5.41, 5.74) is -0.311. The summed E-state index contributed by atoms with van der Waals surface area (Å²) < 4.78 is 0. The Morgan fingerprint density at radius 1 is 1.24 bits per heavy atom. The predicted molar refractivity (Wildman–Crippen MR) is 85.8 cm³/mol. The first kappa shape index (κ1) is 15.3. The third-order valence-electron chi connectivity index (χ3n) is 5.99. The molecule has 118 valence electrons. The molecule has 3 heteroatoms. The second-order valence-corrected chi connectivity index (χ2v) is 8.16. The predicted octanol–water partition coefficient (Wildman–Crippen LogP) is 3.17. The second-order valence-electron chi connectivity index (χ2n) is 8.16. The van der Waals surface area contributed by atoms with Gasteiger partial charge in [-0.05, 0) is 83.2 Å². The van der Waals surface area contributed by atoms with Crippen LogP contribution < -0.4 is 5.32 Å². The molecule has 3 aliphatic rings. The molecule has 4 unspecified atom stereocenters. The van der Waals surface area contributed by atoms with Crippen molar-refractivity contribution < 1.29 is 0 Å². The number of hydrogen-bond donors (Lipinski definition) is 1. The first-order chi connectivity index (χ1) is 10.1. The van der Waals surface area contributed by atoms with E-state index in [1.807, 2.05) is 0 Å². The van der Waals surface area contributed by atoms with Crippen LogP contribution in [0.1, 0.15) is 58.3 Å². The van der Waals surface area contributed by atoms with Gasteiger partial charge in [-0.1, -0.05) is 6.42 Å². The molecule has 4 atom stereocenters. The van der Waals surface area contributed by atoms with E-state index in [9.17, 15) is 5.26 Å². The molecule has 1 N–H and O–H groups in total. The number of rotatable bonds is 8. The molecule has 0 aromatic carbocycles. The minimum Gasteiger partial charge on any atom is -0.306 e. The van der Waals surface area contributed by atoms with Crippen molar-refractivity contribution in [2.75, 3.05) is 20.1 Å². The zero-order chi connectivity index (χ0) is 14.9. The summed E-state index contributed by atoms with van der Waals surface area (Å²) in [6.07, 6.45) is 10.6. The molecule has 0 heterocycles. The highest BCUT2D eigenvalue weighted by Crippen LogP contribution is 2.48. The van der Waals surface area contributed by atoms with Crippen LogP contribution in [0.25, 0.3) is 0 Å². The molecule has 0 spiro atoms. The van der Waals surface area contributed by atoms with E-state index in [-0.39, 0.29) is 5.54 Å². The minimum absolute atomic E-state index is 0.311. The SMILES string of the molecule is CN(CCCC(C)(C#N)NC1CC1)CC1CC2CCC1C2. The van der Waals surface area contributed by atoms with Gasteiger partial charge in [0.25, 0.3) is 0 Å². The Labute approximate surface area is 130 Å². The van der Waals surface area contributed by atoms with E-state index >= 15 is 0 Å². The molecule has 0 aromatic rings. The molecule has 3 fully saturated rings. The van der Waals surface area contributed by atoms with Crippen LogP contribution in [0.15, 0.2) is 0 Å². The molecular weight excluding hydrogens is 258 g/mol. The van der Waals surface area contributed by atoms with Crippen molar-refractivity contribution in [3.05, 3.63) is 0 Å². The van der Waals surface area contributed by atoms with Crippen LogP contribution >= 0.6 is 0 Å². The lowest BCUT2D eigenvalue weighted by molar-refractivity contribution is 0.213. The third kappa shape index (κ3) is 3.99. The van der Waals surface area contributed by atoms with Gasteiger partial charge in [0.05, 0.1) is 6.07 Å². The van der Waals surface area contributed by atoms with Crippen molar-refractivity contribution in [3.8, 4) is 6.07 Å². The van der Waals surface area contributed by atoms with Gasteiger partial charge in [0.1, 0.15) is 5.54 Å². The fourth-order valence-corrected chi connectivity index (χ4v) is 4.63. The number of nitrogens with one attached hydrogen (secondary N) is 1. The second kappa shape index (κ2) is 6.26. The highest BCUT2D eigenvalue weighted by atomic mass is 15.1. The highest BCUT2D eigenvalue weighted by molar-refractivity contribution is 5.07. The minimum atomic E-state index is -0.311. The summed E-state index contributed by atoms with van der Waals surface area (Å²) in [4.78, 5) is 2.51. The van der Waals surface area contributed by atoms with E-state index in [4.69, 9.17) is 0 Å². The fourth-order valence-electron chi connectivity index (χ4n) is 4.63. The van der Waals surface area contributed by atoms with Crippen LogP contribution in [0.5, 0.6) is 0 Å². The first-order valence-electron chi connectivity index (χ1n) is 8.95. The molecular formula is C18H31N3. The number of nitrogens with zero attached hydrogens (tertiary/aromatic N) is 2. The van der Waals surface area contributed by atoms with Crippen molar-refractivity contribution in [2.45, 2.75) is 69.9 Å². The number of fused-ring (bicyclic) bond motifs is 2. The van der Waals surface area contributed by atoms with Crippen LogP contribution in [0.3, 0.4) is 0 Å². The van der Waals surface area contributed by atoms with Crippen molar-refractivity contribution in [3.63, 3.8) is 0 Å². The lowest BCUT2D eigenvalue weighted by Gasteiger charge is -2.28. The maximum atomic E-state index is 9.40. The van der Waals surface area contributed by atoms with Gasteiger partial charge in [0.15, 0.2) is 0 Å². The molecule has 3 rings (SSSR count). The van der Waals surface area contributed by atoms with Gasteiger partial charge in [-0.25, -0.2) is 0 Å². The van der Waals surface area contributed by atoms with Gasteiger partial charge in [0, 0.05) is 12.6 Å². The standard InChI is InChI=1S/C18H31N3/c1-18(13-19,20-17-6-7-17)8-3-9-21(2)12-16-11-14-4-5-15(16)10-14/h14-17,20H,3-12H2,1-2H3. The summed E-state index contributed by atoms with van der Waals surface area (Å²) in [6, 6.07) is 3.10. The van der Waals surface area contributed by atoms with E-state index in [1.54, 1.807) is 0 Å². The largest absolute Gasteiger partial charge is 0.306 e. The molecule has 0 amide bonds. The molecule has 3 saturated carbocycles. The topological polar surface area (TPSA) is 39.1 Å². The third-order valence-corrected chi connectivity index (χ3v) is 5.99. The summed E-state index contributed by atoms with van der Waals surface area (Å²) in [5.74, 6) is 3.04. The van der Waals surface area contributed by atoms with Crippen LogP contribution in [0.2, 0.25) is 0 Å². The van der Waals surface area contributed by atoms with Gasteiger partial charge >= 0.3 is 0 Å². The van der Waals surface area contributed by atoms with Crippen molar-refractivity contribution in [1.29, 1.82) is 5.26 Å². The van der Waals surface area contributed by atoms with E-state index in [0.717, 1.165) is 37.1 Å². The van der Waals surface area contributed by atoms with E-state index < -0.39 is 0 Å². The molecule has 21 heavy (non-hydrogen) atoms. The Balaban J connectivity index is 1.35. The Hall–Kier alpha value is -0.590. The smallest absolute Gasteiger partial charge is 0.104 e. The monoisotopic (exact) mass is 289 g/mol. The maximum absolute atomic E-state index is 9.40. The molecule has 0 aromatic heterocycles. The van der Waals surface area contributed by atoms with Crippen LogP contribution in [0.4, 0.5) is 0 Å². The van der Waals surface area contributed by atoms with E-state index in [0.29, 0.717) is 6.04 Å². The molecule has 3 nitrogen and oxygen atoms in total.